The van der Waals surface area contributed by atoms with E-state index in [-0.39, 0.29) is 0 Å². The Kier molecular flexibility index (Phi) is 4.61. The van der Waals surface area contributed by atoms with Gasteiger partial charge in [-0.3, -0.25) is 0 Å². The van der Waals surface area contributed by atoms with Crippen molar-refractivity contribution in [3.8, 4) is 0 Å². The fourth-order valence-electron chi connectivity index (χ4n) is 2.96. The molecule has 0 amide bonds. The second-order valence-electron chi connectivity index (χ2n) is 6.53. The van der Waals surface area contributed by atoms with Gasteiger partial charge in [0.25, 0.3) is 0 Å². The van der Waals surface area contributed by atoms with Crippen LogP contribution >= 0.6 is 0 Å². The second kappa shape index (κ2) is 6.06. The van der Waals surface area contributed by atoms with Crippen LogP contribution in [0, 0.1) is 0 Å². The molecule has 3 nitrogen and oxygen atoms in total. The van der Waals surface area contributed by atoms with Crippen molar-refractivity contribution >= 4 is 6.29 Å². The lowest BCUT2D eigenvalue weighted by Gasteiger charge is -2.31. The van der Waals surface area contributed by atoms with Gasteiger partial charge in [0.05, 0.1) is 11.0 Å². The van der Waals surface area contributed by atoms with Crippen LogP contribution in [0.4, 0.5) is 0 Å². The van der Waals surface area contributed by atoms with Crippen molar-refractivity contribution in [3.63, 3.8) is 0 Å². The highest BCUT2D eigenvalue weighted by Crippen LogP contribution is 2.26. The van der Waals surface area contributed by atoms with Crippen LogP contribution < -0.4 is 0 Å². The summed E-state index contributed by atoms with van der Waals surface area (Å²) in [5, 5.41) is 10.1. The lowest BCUT2D eigenvalue weighted by atomic mass is 9.83. The lowest BCUT2D eigenvalue weighted by molar-refractivity contribution is -0.112. The Hall–Kier alpha value is -1.19. The first-order valence-electron chi connectivity index (χ1n) is 7.42. The molecular formula is C17H25NO2. The number of rotatable bonds is 4. The van der Waals surface area contributed by atoms with E-state index in [1.54, 1.807) is 0 Å². The Balaban J connectivity index is 2.08. The summed E-state index contributed by atoms with van der Waals surface area (Å²) in [5.41, 5.74) is 0.0299. The Labute approximate surface area is 121 Å². The first-order chi connectivity index (χ1) is 9.45. The van der Waals surface area contributed by atoms with Crippen molar-refractivity contribution in [1.82, 2.24) is 4.90 Å². The van der Waals surface area contributed by atoms with Crippen LogP contribution in [0.1, 0.15) is 38.7 Å². The molecule has 1 aromatic carbocycles. The van der Waals surface area contributed by atoms with Gasteiger partial charge in [0, 0.05) is 13.1 Å². The summed E-state index contributed by atoms with van der Waals surface area (Å²) < 4.78 is 0. The van der Waals surface area contributed by atoms with Crippen molar-refractivity contribution < 1.29 is 9.90 Å². The summed E-state index contributed by atoms with van der Waals surface area (Å²) in [6, 6.07) is 9.96. The van der Waals surface area contributed by atoms with Crippen LogP contribution in [0.15, 0.2) is 30.3 Å². The predicted molar refractivity (Wildman–Crippen MR) is 80.8 cm³/mol. The first-order valence-corrected chi connectivity index (χ1v) is 7.42. The minimum absolute atomic E-state index is 0.475. The maximum atomic E-state index is 11.6. The molecule has 0 bridgehead atoms. The largest absolute Gasteiger partial charge is 0.390 e. The Morgan fingerprint density at radius 1 is 1.30 bits per heavy atom. The number of nitrogens with zero attached hydrogens (tertiary/aromatic N) is 1. The molecule has 1 aromatic rings. The lowest BCUT2D eigenvalue weighted by Crippen LogP contribution is -2.41. The number of aliphatic hydroxyl groups is 1. The highest BCUT2D eigenvalue weighted by atomic mass is 16.3. The highest BCUT2D eigenvalue weighted by Gasteiger charge is 2.31. The van der Waals surface area contributed by atoms with Gasteiger partial charge in [-0.05, 0) is 45.2 Å². The molecule has 3 heteroatoms. The zero-order chi connectivity index (χ0) is 14.6. The van der Waals surface area contributed by atoms with Gasteiger partial charge in [-0.15, -0.1) is 0 Å². The van der Waals surface area contributed by atoms with Crippen molar-refractivity contribution in [3.05, 3.63) is 35.9 Å². The van der Waals surface area contributed by atoms with E-state index >= 15 is 0 Å². The van der Waals surface area contributed by atoms with E-state index in [2.05, 4.69) is 4.90 Å². The minimum atomic E-state index is -0.556. The molecule has 0 spiro atoms. The van der Waals surface area contributed by atoms with Crippen molar-refractivity contribution in [2.75, 3.05) is 19.6 Å². The molecule has 0 saturated carbocycles. The fourth-order valence-corrected chi connectivity index (χ4v) is 2.96. The smallest absolute Gasteiger partial charge is 0.131 e. The number of likely N-dealkylation sites (tertiary alicyclic amines) is 1. The van der Waals surface area contributed by atoms with E-state index in [4.69, 9.17) is 0 Å². The summed E-state index contributed by atoms with van der Waals surface area (Å²) in [6.45, 7) is 6.43. The molecule has 110 valence electrons. The van der Waals surface area contributed by atoms with Gasteiger partial charge < -0.3 is 14.8 Å². The number of carbonyl (C=O) groups excluding carboxylic acids is 1. The van der Waals surface area contributed by atoms with E-state index in [0.717, 1.165) is 50.7 Å². The average molecular weight is 275 g/mol. The van der Waals surface area contributed by atoms with Gasteiger partial charge in [0.2, 0.25) is 0 Å². The maximum absolute atomic E-state index is 11.6. The third-order valence-corrected chi connectivity index (χ3v) is 4.40. The van der Waals surface area contributed by atoms with Crippen molar-refractivity contribution in [2.24, 2.45) is 0 Å². The predicted octanol–water partition coefficient (Wildman–Crippen LogP) is 2.38. The molecule has 1 N–H and O–H groups in total. The van der Waals surface area contributed by atoms with Gasteiger partial charge in [-0.2, -0.15) is 0 Å². The standard InChI is InChI=1S/C17H25NO2/c1-16(14-19,15-7-4-3-5-8-15)13-18-11-6-9-17(2,20)10-12-18/h3-5,7-8,14,20H,6,9-13H2,1-2H3. The van der Waals surface area contributed by atoms with Gasteiger partial charge in [-0.1, -0.05) is 30.3 Å². The zero-order valence-corrected chi connectivity index (χ0v) is 12.5. The molecule has 0 radical (unpaired) electrons. The van der Waals surface area contributed by atoms with Crippen LogP contribution in [0.2, 0.25) is 0 Å². The average Bonchev–Trinajstić information content (AvgIpc) is 2.61. The summed E-state index contributed by atoms with van der Waals surface area (Å²) in [6.07, 6.45) is 3.66. The van der Waals surface area contributed by atoms with Crippen LogP contribution in [0.5, 0.6) is 0 Å². The van der Waals surface area contributed by atoms with Crippen LogP contribution in [0.3, 0.4) is 0 Å². The number of hydrogen-bond donors (Lipinski definition) is 1. The second-order valence-corrected chi connectivity index (χ2v) is 6.53. The monoisotopic (exact) mass is 275 g/mol. The Morgan fingerprint density at radius 2 is 2.00 bits per heavy atom. The molecule has 1 saturated heterocycles. The molecule has 2 rings (SSSR count). The quantitative estimate of drug-likeness (QED) is 0.858. The number of aldehydes is 1. The minimum Gasteiger partial charge on any atom is -0.390 e. The maximum Gasteiger partial charge on any atom is 0.131 e. The van der Waals surface area contributed by atoms with Gasteiger partial charge in [0.15, 0.2) is 0 Å². The zero-order valence-electron chi connectivity index (χ0n) is 12.5. The molecule has 2 unspecified atom stereocenters. The molecule has 1 heterocycles. The summed E-state index contributed by atoms with van der Waals surface area (Å²) in [5.74, 6) is 0. The molecule has 0 aliphatic carbocycles. The first kappa shape index (κ1) is 15.2. The molecule has 0 aromatic heterocycles. The Morgan fingerprint density at radius 3 is 2.65 bits per heavy atom. The molecule has 1 aliphatic rings. The SMILES string of the molecule is CC1(O)CCCN(CC(C)(C=O)c2ccccc2)CC1. The third kappa shape index (κ3) is 3.68. The molecule has 1 aliphatic heterocycles. The number of carbonyl (C=O) groups is 1. The van der Waals surface area contributed by atoms with Gasteiger partial charge >= 0.3 is 0 Å². The molecular weight excluding hydrogens is 250 g/mol. The van der Waals surface area contributed by atoms with E-state index in [9.17, 15) is 9.90 Å². The van der Waals surface area contributed by atoms with E-state index in [1.807, 2.05) is 44.2 Å². The van der Waals surface area contributed by atoms with Gasteiger partial charge in [0.1, 0.15) is 6.29 Å². The summed E-state index contributed by atoms with van der Waals surface area (Å²) in [7, 11) is 0. The van der Waals surface area contributed by atoms with E-state index in [0.29, 0.717) is 0 Å². The van der Waals surface area contributed by atoms with E-state index < -0.39 is 11.0 Å². The molecule has 20 heavy (non-hydrogen) atoms. The summed E-state index contributed by atoms with van der Waals surface area (Å²) in [4.78, 5) is 13.9. The Bertz CT molecular complexity index is 444. The third-order valence-electron chi connectivity index (χ3n) is 4.40. The number of hydrogen-bond acceptors (Lipinski definition) is 3. The molecule has 1 fully saturated rings. The normalized spacial score (nSPS) is 27.6. The molecule has 2 atom stereocenters. The van der Waals surface area contributed by atoms with Crippen molar-refractivity contribution in [2.45, 2.75) is 44.1 Å². The van der Waals surface area contributed by atoms with Crippen LogP contribution in [-0.4, -0.2) is 41.5 Å². The van der Waals surface area contributed by atoms with Crippen LogP contribution in [0.25, 0.3) is 0 Å². The number of benzene rings is 1. The van der Waals surface area contributed by atoms with Crippen molar-refractivity contribution in [1.29, 1.82) is 0 Å². The fraction of sp³-hybridized carbons (Fsp3) is 0.588. The van der Waals surface area contributed by atoms with Gasteiger partial charge in [-0.25, -0.2) is 0 Å². The van der Waals surface area contributed by atoms with Crippen LogP contribution in [-0.2, 0) is 10.2 Å². The summed E-state index contributed by atoms with van der Waals surface area (Å²) >= 11 is 0. The van der Waals surface area contributed by atoms with E-state index in [1.165, 1.54) is 0 Å². The topological polar surface area (TPSA) is 40.5 Å². The highest BCUT2D eigenvalue weighted by molar-refractivity contribution is 5.68.